The number of hydrogen-bond acceptors (Lipinski definition) is 4. The fourth-order valence-corrected chi connectivity index (χ4v) is 3.47. The zero-order chi connectivity index (χ0) is 17.3. The summed E-state index contributed by atoms with van der Waals surface area (Å²) in [6.07, 6.45) is -1.41. The first kappa shape index (κ1) is 15.9. The van der Waals surface area contributed by atoms with Crippen molar-refractivity contribution in [2.45, 2.75) is 13.0 Å². The number of carboxylic acid groups (broad SMARTS) is 1. The molecule has 1 aromatic carbocycles. The molecule has 7 heteroatoms. The van der Waals surface area contributed by atoms with Gasteiger partial charge in [-0.2, -0.15) is 16.6 Å². The molecule has 3 rings (SSSR count). The summed E-state index contributed by atoms with van der Waals surface area (Å²) in [6.45, 7) is 1.57. The largest absolute Gasteiger partial charge is 0.465 e. The molecule has 0 radical (unpaired) electrons. The minimum absolute atomic E-state index is 0.325. The maximum Gasteiger partial charge on any atom is 0.416 e. The fourth-order valence-electron chi connectivity index (χ4n) is 2.81. The Bertz CT molecular complexity index is 867. The number of rotatable bonds is 2. The zero-order valence-corrected chi connectivity index (χ0v) is 13.5. The van der Waals surface area contributed by atoms with E-state index in [2.05, 4.69) is 11.1 Å². The highest BCUT2D eigenvalue weighted by Gasteiger charge is 2.42. The van der Waals surface area contributed by atoms with Crippen LogP contribution in [-0.2, 0) is 0 Å². The topological polar surface area (TPSA) is 93.8 Å². The van der Waals surface area contributed by atoms with Gasteiger partial charge in [-0.3, -0.25) is 0 Å². The highest BCUT2D eigenvalue weighted by molar-refractivity contribution is 7.08. The Morgan fingerprint density at radius 3 is 2.79 bits per heavy atom. The van der Waals surface area contributed by atoms with Gasteiger partial charge in [0, 0.05) is 5.71 Å². The summed E-state index contributed by atoms with van der Waals surface area (Å²) in [5, 5.41) is 22.8. The molecule has 0 saturated carbocycles. The van der Waals surface area contributed by atoms with Gasteiger partial charge in [-0.15, -0.1) is 0 Å². The molecule has 2 atom stereocenters. The van der Waals surface area contributed by atoms with Crippen molar-refractivity contribution >= 4 is 29.2 Å². The average molecular weight is 339 g/mol. The van der Waals surface area contributed by atoms with Crippen LogP contribution in [0.4, 0.5) is 9.59 Å². The quantitative estimate of drug-likeness (QED) is 0.888. The van der Waals surface area contributed by atoms with Crippen molar-refractivity contribution in [2.24, 2.45) is 10.9 Å². The molecule has 2 aromatic rings. The number of urea groups is 1. The standard InChI is InChI=1S/C17H13N3O3S/c1-10-14(8-18)15(20(17(22)23)16(21)19-10)12-4-2-3-11(7-12)13-5-6-24-9-13/h2-7,9,14-15H,1H3,(H,22,23). The molecular formula is C17H13N3O3S. The Balaban J connectivity index is 2.12. The number of thiophene rings is 1. The highest BCUT2D eigenvalue weighted by atomic mass is 32.1. The van der Waals surface area contributed by atoms with Crippen molar-refractivity contribution in [3.05, 3.63) is 46.7 Å². The van der Waals surface area contributed by atoms with Gasteiger partial charge in [0.15, 0.2) is 0 Å². The Kier molecular flexibility index (Phi) is 4.15. The molecule has 2 unspecified atom stereocenters. The second-order valence-electron chi connectivity index (χ2n) is 5.38. The van der Waals surface area contributed by atoms with Gasteiger partial charge in [0.2, 0.25) is 0 Å². The van der Waals surface area contributed by atoms with Gasteiger partial charge >= 0.3 is 12.1 Å². The third-order valence-corrected chi connectivity index (χ3v) is 4.63. The molecule has 1 aromatic heterocycles. The van der Waals surface area contributed by atoms with Gasteiger partial charge < -0.3 is 5.11 Å². The molecular weight excluding hydrogens is 326 g/mol. The van der Waals surface area contributed by atoms with Crippen LogP contribution in [0.5, 0.6) is 0 Å². The Morgan fingerprint density at radius 1 is 1.38 bits per heavy atom. The number of nitrogens with zero attached hydrogens (tertiary/aromatic N) is 3. The lowest BCUT2D eigenvalue weighted by atomic mass is 9.87. The molecule has 0 spiro atoms. The van der Waals surface area contributed by atoms with E-state index in [4.69, 9.17) is 0 Å². The molecule has 1 aliphatic rings. The Hall–Kier alpha value is -2.98. The van der Waals surface area contributed by atoms with Crippen molar-refractivity contribution < 1.29 is 14.7 Å². The maximum atomic E-state index is 12.1. The van der Waals surface area contributed by atoms with E-state index in [-0.39, 0.29) is 0 Å². The number of hydrogen-bond donors (Lipinski definition) is 1. The fraction of sp³-hybridized carbons (Fsp3) is 0.176. The van der Waals surface area contributed by atoms with Crippen LogP contribution >= 0.6 is 11.3 Å². The number of nitriles is 1. The summed E-state index contributed by atoms with van der Waals surface area (Å²) >= 11 is 1.56. The molecule has 0 saturated heterocycles. The van der Waals surface area contributed by atoms with Crippen molar-refractivity contribution in [3.8, 4) is 17.2 Å². The minimum atomic E-state index is -1.41. The molecule has 6 nitrogen and oxygen atoms in total. The summed E-state index contributed by atoms with van der Waals surface area (Å²) in [5.41, 5.74) is 2.83. The van der Waals surface area contributed by atoms with E-state index in [0.717, 1.165) is 11.1 Å². The number of carbonyl (C=O) groups is 2. The second-order valence-corrected chi connectivity index (χ2v) is 6.16. The van der Waals surface area contributed by atoms with Crippen LogP contribution in [0.25, 0.3) is 11.1 Å². The van der Waals surface area contributed by atoms with E-state index in [1.165, 1.54) is 0 Å². The summed E-state index contributed by atoms with van der Waals surface area (Å²) in [6, 6.07) is 9.51. The van der Waals surface area contributed by atoms with E-state index in [0.29, 0.717) is 16.2 Å². The van der Waals surface area contributed by atoms with E-state index in [1.807, 2.05) is 29.0 Å². The lowest BCUT2D eigenvalue weighted by Crippen LogP contribution is -2.46. The molecule has 2 heterocycles. The zero-order valence-electron chi connectivity index (χ0n) is 12.7. The van der Waals surface area contributed by atoms with Crippen LogP contribution in [0.15, 0.2) is 46.1 Å². The van der Waals surface area contributed by atoms with E-state index in [1.54, 1.807) is 30.4 Å². The van der Waals surface area contributed by atoms with Gasteiger partial charge in [0.1, 0.15) is 5.92 Å². The van der Waals surface area contributed by atoms with Crippen LogP contribution in [0.1, 0.15) is 18.5 Å². The molecule has 120 valence electrons. The summed E-state index contributed by atoms with van der Waals surface area (Å²) in [5.74, 6) is -0.809. The normalized spacial score (nSPS) is 20.4. The molecule has 0 bridgehead atoms. The van der Waals surface area contributed by atoms with Gasteiger partial charge in [0.25, 0.3) is 0 Å². The lowest BCUT2D eigenvalue weighted by molar-refractivity contribution is 0.129. The number of aliphatic imine (C=N–C) groups is 1. The minimum Gasteiger partial charge on any atom is -0.465 e. The molecule has 3 amide bonds. The molecule has 1 aliphatic heterocycles. The van der Waals surface area contributed by atoms with E-state index in [9.17, 15) is 20.0 Å². The monoisotopic (exact) mass is 339 g/mol. The second kappa shape index (κ2) is 6.26. The highest BCUT2D eigenvalue weighted by Crippen LogP contribution is 2.35. The molecule has 1 N–H and O–H groups in total. The van der Waals surface area contributed by atoms with Gasteiger partial charge in [-0.05, 0) is 46.5 Å². The smallest absolute Gasteiger partial charge is 0.416 e. The maximum absolute atomic E-state index is 12.1. The summed E-state index contributed by atoms with van der Waals surface area (Å²) in [4.78, 5) is 27.9. The van der Waals surface area contributed by atoms with Gasteiger partial charge in [0.05, 0.1) is 12.1 Å². The summed E-state index contributed by atoms with van der Waals surface area (Å²) in [7, 11) is 0. The number of amides is 3. The SMILES string of the molecule is CC1=NC(=O)N(C(=O)O)C(c2cccc(-c3ccsc3)c2)C1C#N. The first-order valence-corrected chi connectivity index (χ1v) is 8.10. The van der Waals surface area contributed by atoms with Crippen molar-refractivity contribution in [2.75, 3.05) is 0 Å². The Labute approximate surface area is 142 Å². The van der Waals surface area contributed by atoms with E-state index >= 15 is 0 Å². The third-order valence-electron chi connectivity index (χ3n) is 3.95. The van der Waals surface area contributed by atoms with Crippen molar-refractivity contribution in [1.82, 2.24) is 4.90 Å². The van der Waals surface area contributed by atoms with Crippen molar-refractivity contribution in [3.63, 3.8) is 0 Å². The lowest BCUT2D eigenvalue weighted by Gasteiger charge is -2.33. The molecule has 24 heavy (non-hydrogen) atoms. The number of carbonyl (C=O) groups excluding carboxylic acids is 1. The Morgan fingerprint density at radius 2 is 2.17 bits per heavy atom. The first-order valence-electron chi connectivity index (χ1n) is 7.16. The first-order chi connectivity index (χ1) is 11.5. The predicted octanol–water partition coefficient (Wildman–Crippen LogP) is 4.17. The van der Waals surface area contributed by atoms with E-state index < -0.39 is 24.1 Å². The predicted molar refractivity (Wildman–Crippen MR) is 90.0 cm³/mol. The van der Waals surface area contributed by atoms with Gasteiger partial charge in [-0.1, -0.05) is 18.2 Å². The van der Waals surface area contributed by atoms with Crippen LogP contribution in [0.3, 0.4) is 0 Å². The number of imide groups is 1. The van der Waals surface area contributed by atoms with Crippen molar-refractivity contribution in [1.29, 1.82) is 5.26 Å². The number of benzene rings is 1. The summed E-state index contributed by atoms with van der Waals surface area (Å²) < 4.78 is 0. The van der Waals surface area contributed by atoms with Crippen LogP contribution in [0, 0.1) is 17.2 Å². The molecule has 0 aliphatic carbocycles. The third kappa shape index (κ3) is 2.68. The van der Waals surface area contributed by atoms with Crippen LogP contribution in [0.2, 0.25) is 0 Å². The van der Waals surface area contributed by atoms with Crippen LogP contribution < -0.4 is 0 Å². The van der Waals surface area contributed by atoms with Crippen LogP contribution in [-0.4, -0.2) is 27.8 Å². The molecule has 0 fully saturated rings. The van der Waals surface area contributed by atoms with Gasteiger partial charge in [-0.25, -0.2) is 19.5 Å². The average Bonchev–Trinajstić information content (AvgIpc) is 3.08.